The molecule has 4 rings (SSSR count). The van der Waals surface area contributed by atoms with E-state index in [1.165, 1.54) is 19.3 Å². The van der Waals surface area contributed by atoms with Gasteiger partial charge >= 0.3 is 0 Å². The van der Waals surface area contributed by atoms with Crippen molar-refractivity contribution in [2.45, 2.75) is 43.5 Å². The molecule has 2 heterocycles. The monoisotopic (exact) mass is 499 g/mol. The van der Waals surface area contributed by atoms with E-state index < -0.39 is 6.04 Å². The summed E-state index contributed by atoms with van der Waals surface area (Å²) in [6, 6.07) is 4.45. The first kappa shape index (κ1) is 24.1. The van der Waals surface area contributed by atoms with Crippen molar-refractivity contribution in [3.63, 3.8) is 0 Å². The number of rotatable bonds is 6. The molecule has 1 aromatic carbocycles. The quantitative estimate of drug-likeness (QED) is 0.642. The molecule has 6 nitrogen and oxygen atoms in total. The Hall–Kier alpha value is -0.990. The molecule has 3 aliphatic rings. The molecular formula is C23H31Cl2N3O3S. The fraction of sp³-hybridized carbons (Fsp3) is 0.652. The molecule has 0 bridgehead atoms. The average Bonchev–Trinajstić information content (AvgIpc) is 3.25. The van der Waals surface area contributed by atoms with Crippen LogP contribution in [0.1, 0.15) is 42.5 Å². The zero-order valence-electron chi connectivity index (χ0n) is 18.2. The standard InChI is InChI=1S/C23H31Cl2N3O3S/c24-17-6-7-18(19(25)14-17)22(30)28-20(15-32-23(28)16-4-2-1-3-5-16)21(29)26-8-9-27-10-12-31-13-11-27/h6-7,14,16,20,23H,1-5,8-13,15H2,(H,26,29). The molecule has 9 heteroatoms. The number of thioether (sulfide) groups is 1. The van der Waals surface area contributed by atoms with E-state index in [9.17, 15) is 9.59 Å². The van der Waals surface area contributed by atoms with Gasteiger partial charge in [-0.15, -0.1) is 11.8 Å². The summed E-state index contributed by atoms with van der Waals surface area (Å²) in [7, 11) is 0. The molecule has 32 heavy (non-hydrogen) atoms. The molecule has 1 aromatic rings. The van der Waals surface area contributed by atoms with E-state index in [4.69, 9.17) is 27.9 Å². The van der Waals surface area contributed by atoms with Gasteiger partial charge in [0.2, 0.25) is 5.91 Å². The predicted octanol–water partition coefficient (Wildman–Crippen LogP) is 3.91. The number of halogens is 2. The van der Waals surface area contributed by atoms with E-state index in [-0.39, 0.29) is 17.2 Å². The van der Waals surface area contributed by atoms with Crippen LogP contribution in [0.3, 0.4) is 0 Å². The molecule has 0 radical (unpaired) electrons. The number of morpholine rings is 1. The number of ether oxygens (including phenoxy) is 1. The first-order chi connectivity index (χ1) is 15.5. The number of hydrogen-bond acceptors (Lipinski definition) is 5. The summed E-state index contributed by atoms with van der Waals surface area (Å²) in [5.41, 5.74) is 0.408. The van der Waals surface area contributed by atoms with Crippen molar-refractivity contribution in [2.75, 3.05) is 45.1 Å². The highest BCUT2D eigenvalue weighted by molar-refractivity contribution is 8.00. The van der Waals surface area contributed by atoms with E-state index >= 15 is 0 Å². The number of benzene rings is 1. The van der Waals surface area contributed by atoms with Crippen LogP contribution in [-0.4, -0.2) is 78.2 Å². The normalized spacial score (nSPS) is 25.1. The van der Waals surface area contributed by atoms with E-state index in [0.29, 0.717) is 33.8 Å². The summed E-state index contributed by atoms with van der Waals surface area (Å²) in [6.45, 7) is 4.60. The lowest BCUT2D eigenvalue weighted by atomic mass is 9.88. The Bertz CT molecular complexity index is 816. The number of carbonyl (C=O) groups is 2. The van der Waals surface area contributed by atoms with Crippen molar-refractivity contribution in [3.8, 4) is 0 Å². The van der Waals surface area contributed by atoms with Crippen LogP contribution < -0.4 is 5.32 Å². The number of carbonyl (C=O) groups excluding carboxylic acids is 2. The topological polar surface area (TPSA) is 61.9 Å². The van der Waals surface area contributed by atoms with Gasteiger partial charge in [-0.3, -0.25) is 14.5 Å². The van der Waals surface area contributed by atoms with Crippen molar-refractivity contribution in [1.82, 2.24) is 15.1 Å². The van der Waals surface area contributed by atoms with Crippen LogP contribution in [-0.2, 0) is 9.53 Å². The highest BCUT2D eigenvalue weighted by Crippen LogP contribution is 2.41. The largest absolute Gasteiger partial charge is 0.379 e. The Morgan fingerprint density at radius 2 is 1.88 bits per heavy atom. The summed E-state index contributed by atoms with van der Waals surface area (Å²) in [5.74, 6) is 0.764. The summed E-state index contributed by atoms with van der Waals surface area (Å²) in [4.78, 5) is 30.9. The molecule has 1 aliphatic carbocycles. The molecule has 2 atom stereocenters. The van der Waals surface area contributed by atoms with Crippen LogP contribution in [0.2, 0.25) is 10.0 Å². The molecular weight excluding hydrogens is 469 g/mol. The zero-order valence-corrected chi connectivity index (χ0v) is 20.6. The lowest BCUT2D eigenvalue weighted by Gasteiger charge is -2.35. The molecule has 2 amide bonds. The first-order valence-corrected chi connectivity index (χ1v) is 13.3. The predicted molar refractivity (Wildman–Crippen MR) is 130 cm³/mol. The molecule has 0 aromatic heterocycles. The minimum absolute atomic E-state index is 0.00420. The number of nitrogens with one attached hydrogen (secondary N) is 1. The lowest BCUT2D eigenvalue weighted by molar-refractivity contribution is -0.125. The van der Waals surface area contributed by atoms with Gasteiger partial charge in [0.15, 0.2) is 0 Å². The second-order valence-electron chi connectivity index (χ2n) is 8.72. The summed E-state index contributed by atoms with van der Waals surface area (Å²) < 4.78 is 5.38. The fourth-order valence-electron chi connectivity index (χ4n) is 4.85. The van der Waals surface area contributed by atoms with Crippen LogP contribution in [0.5, 0.6) is 0 Å². The lowest BCUT2D eigenvalue weighted by Crippen LogP contribution is -2.52. The summed E-state index contributed by atoms with van der Waals surface area (Å²) in [6.07, 6.45) is 5.81. The molecule has 2 aliphatic heterocycles. The second kappa shape index (κ2) is 11.4. The second-order valence-corrected chi connectivity index (χ2v) is 10.7. The Morgan fingerprint density at radius 3 is 2.59 bits per heavy atom. The Morgan fingerprint density at radius 1 is 1.12 bits per heavy atom. The van der Waals surface area contributed by atoms with Gasteiger partial charge in [0.05, 0.1) is 29.2 Å². The third-order valence-electron chi connectivity index (χ3n) is 6.62. The van der Waals surface area contributed by atoms with Crippen LogP contribution in [0.25, 0.3) is 0 Å². The van der Waals surface area contributed by atoms with E-state index in [0.717, 1.165) is 45.7 Å². The smallest absolute Gasteiger partial charge is 0.256 e. The van der Waals surface area contributed by atoms with Gasteiger partial charge in [0.25, 0.3) is 5.91 Å². The maximum atomic E-state index is 13.7. The van der Waals surface area contributed by atoms with Crippen LogP contribution in [0.15, 0.2) is 18.2 Å². The molecule has 1 saturated carbocycles. The third kappa shape index (κ3) is 5.73. The van der Waals surface area contributed by atoms with Gasteiger partial charge in [0, 0.05) is 37.0 Å². The van der Waals surface area contributed by atoms with Gasteiger partial charge in [-0.1, -0.05) is 42.5 Å². The van der Waals surface area contributed by atoms with Crippen molar-refractivity contribution in [2.24, 2.45) is 5.92 Å². The highest BCUT2D eigenvalue weighted by atomic mass is 35.5. The van der Waals surface area contributed by atoms with Crippen LogP contribution in [0.4, 0.5) is 0 Å². The number of nitrogens with zero attached hydrogens (tertiary/aromatic N) is 2. The SMILES string of the molecule is O=C(NCCN1CCOCC1)C1CSC(C2CCCCC2)N1C(=O)c1ccc(Cl)cc1Cl. The van der Waals surface area contributed by atoms with Gasteiger partial charge in [-0.2, -0.15) is 0 Å². The minimum Gasteiger partial charge on any atom is -0.379 e. The van der Waals surface area contributed by atoms with Crippen molar-refractivity contribution >= 4 is 46.8 Å². The summed E-state index contributed by atoms with van der Waals surface area (Å²) in [5, 5.41) is 3.89. The van der Waals surface area contributed by atoms with Crippen molar-refractivity contribution in [3.05, 3.63) is 33.8 Å². The molecule has 2 unspecified atom stereocenters. The van der Waals surface area contributed by atoms with E-state index in [1.54, 1.807) is 34.9 Å². The molecule has 1 N–H and O–H groups in total. The highest BCUT2D eigenvalue weighted by Gasteiger charge is 2.45. The van der Waals surface area contributed by atoms with Crippen LogP contribution >= 0.6 is 35.0 Å². The average molecular weight is 500 g/mol. The number of amides is 2. The van der Waals surface area contributed by atoms with Gasteiger partial charge in [0.1, 0.15) is 6.04 Å². The molecule has 2 saturated heterocycles. The molecule has 0 spiro atoms. The minimum atomic E-state index is -0.490. The molecule has 3 fully saturated rings. The zero-order chi connectivity index (χ0) is 22.5. The fourth-order valence-corrected chi connectivity index (χ4v) is 6.98. The van der Waals surface area contributed by atoms with E-state index in [2.05, 4.69) is 10.2 Å². The van der Waals surface area contributed by atoms with Gasteiger partial charge in [-0.25, -0.2) is 0 Å². The van der Waals surface area contributed by atoms with Crippen molar-refractivity contribution < 1.29 is 14.3 Å². The van der Waals surface area contributed by atoms with Gasteiger partial charge in [-0.05, 0) is 37.0 Å². The molecule has 176 valence electrons. The van der Waals surface area contributed by atoms with Crippen LogP contribution in [0, 0.1) is 5.92 Å². The first-order valence-electron chi connectivity index (χ1n) is 11.5. The van der Waals surface area contributed by atoms with Gasteiger partial charge < -0.3 is 15.0 Å². The Kier molecular flexibility index (Phi) is 8.62. The maximum absolute atomic E-state index is 13.7. The van der Waals surface area contributed by atoms with E-state index in [1.807, 2.05) is 0 Å². The maximum Gasteiger partial charge on any atom is 0.256 e. The number of hydrogen-bond donors (Lipinski definition) is 1. The van der Waals surface area contributed by atoms with Crippen molar-refractivity contribution in [1.29, 1.82) is 0 Å². The summed E-state index contributed by atoms with van der Waals surface area (Å²) >= 11 is 14.2. The Labute approximate surface area is 204 Å². The third-order valence-corrected chi connectivity index (χ3v) is 8.63. The Balaban J connectivity index is 1.47.